The maximum atomic E-state index is 13.9. The molecular weight excluding hydrogens is 490 g/mol. The van der Waals surface area contributed by atoms with E-state index in [1.807, 2.05) is 6.92 Å². The fourth-order valence-corrected chi connectivity index (χ4v) is 5.17. The van der Waals surface area contributed by atoms with E-state index < -0.39 is 28.0 Å². The molecular formula is C29H31NO6S. The quantitative estimate of drug-likeness (QED) is 0.204. The molecule has 0 fully saturated rings. The third-order valence-electron chi connectivity index (χ3n) is 5.92. The van der Waals surface area contributed by atoms with Gasteiger partial charge >= 0.3 is 5.97 Å². The van der Waals surface area contributed by atoms with E-state index >= 15 is 0 Å². The SMILES string of the molecule is C=C(CC(C(=O)c1ccc(OC)cc1)C(NS(=O)(=O)c1ccc(C)cc1)c1ccccc1)C(=O)OCC. The molecule has 0 spiro atoms. The van der Waals surface area contributed by atoms with Crippen molar-refractivity contribution in [2.45, 2.75) is 31.2 Å². The van der Waals surface area contributed by atoms with Gasteiger partial charge in [0.15, 0.2) is 5.78 Å². The van der Waals surface area contributed by atoms with Crippen molar-refractivity contribution in [3.63, 3.8) is 0 Å². The van der Waals surface area contributed by atoms with E-state index in [0.717, 1.165) is 5.56 Å². The van der Waals surface area contributed by atoms with Gasteiger partial charge in [0.2, 0.25) is 10.0 Å². The highest BCUT2D eigenvalue weighted by Gasteiger charge is 2.35. The number of esters is 1. The van der Waals surface area contributed by atoms with Crippen molar-refractivity contribution in [2.75, 3.05) is 13.7 Å². The summed E-state index contributed by atoms with van der Waals surface area (Å²) in [4.78, 5) is 26.4. The minimum absolute atomic E-state index is 0.0684. The first-order valence-electron chi connectivity index (χ1n) is 11.8. The number of methoxy groups -OCH3 is 1. The second kappa shape index (κ2) is 12.5. The summed E-state index contributed by atoms with van der Waals surface area (Å²) >= 11 is 0. The molecule has 3 rings (SSSR count). The van der Waals surface area contributed by atoms with Crippen LogP contribution in [0.3, 0.4) is 0 Å². The molecule has 0 radical (unpaired) electrons. The van der Waals surface area contributed by atoms with Crippen molar-refractivity contribution in [3.8, 4) is 5.75 Å². The van der Waals surface area contributed by atoms with Gasteiger partial charge in [0.25, 0.3) is 0 Å². The molecule has 37 heavy (non-hydrogen) atoms. The van der Waals surface area contributed by atoms with Crippen LogP contribution in [-0.4, -0.2) is 33.9 Å². The Balaban J connectivity index is 2.09. The van der Waals surface area contributed by atoms with E-state index in [1.54, 1.807) is 73.7 Å². The number of sulfonamides is 1. The third-order valence-corrected chi connectivity index (χ3v) is 7.37. The maximum Gasteiger partial charge on any atom is 0.333 e. The molecule has 0 bridgehead atoms. The normalized spacial score (nSPS) is 12.8. The van der Waals surface area contributed by atoms with Crippen molar-refractivity contribution in [3.05, 3.63) is 108 Å². The zero-order valence-corrected chi connectivity index (χ0v) is 22.0. The smallest absolute Gasteiger partial charge is 0.333 e. The minimum Gasteiger partial charge on any atom is -0.497 e. The van der Waals surface area contributed by atoms with E-state index in [1.165, 1.54) is 19.2 Å². The van der Waals surface area contributed by atoms with Crippen LogP contribution in [0.25, 0.3) is 0 Å². The predicted molar refractivity (Wildman–Crippen MR) is 142 cm³/mol. The predicted octanol–water partition coefficient (Wildman–Crippen LogP) is 5.03. The van der Waals surface area contributed by atoms with Crippen molar-refractivity contribution >= 4 is 21.8 Å². The van der Waals surface area contributed by atoms with Crippen LogP contribution in [0.4, 0.5) is 0 Å². The van der Waals surface area contributed by atoms with E-state index in [-0.39, 0.29) is 29.3 Å². The number of rotatable bonds is 12. The molecule has 0 saturated carbocycles. The highest BCUT2D eigenvalue weighted by Crippen LogP contribution is 2.33. The number of ether oxygens (including phenoxy) is 2. The van der Waals surface area contributed by atoms with E-state index in [4.69, 9.17) is 9.47 Å². The number of hydrogen-bond acceptors (Lipinski definition) is 6. The number of carbonyl (C=O) groups is 2. The summed E-state index contributed by atoms with van der Waals surface area (Å²) in [5.41, 5.74) is 1.90. The third kappa shape index (κ3) is 7.15. The summed E-state index contributed by atoms with van der Waals surface area (Å²) in [5, 5.41) is 0. The monoisotopic (exact) mass is 521 g/mol. The standard InChI is InChI=1S/C29H31NO6S/c1-5-36-29(32)21(3)19-26(28(31)23-13-15-24(35-4)16-14-23)27(22-9-7-6-8-10-22)30-37(33,34)25-17-11-20(2)12-18-25/h6-18,26-27,30H,3,5,19H2,1-2,4H3. The zero-order valence-electron chi connectivity index (χ0n) is 21.1. The van der Waals surface area contributed by atoms with Gasteiger partial charge in [0, 0.05) is 17.1 Å². The van der Waals surface area contributed by atoms with Crippen LogP contribution in [0, 0.1) is 12.8 Å². The lowest BCUT2D eigenvalue weighted by Gasteiger charge is -2.28. The molecule has 0 heterocycles. The molecule has 8 heteroatoms. The summed E-state index contributed by atoms with van der Waals surface area (Å²) in [7, 11) is -2.51. The number of benzene rings is 3. The van der Waals surface area contributed by atoms with E-state index in [2.05, 4.69) is 11.3 Å². The molecule has 0 aliphatic carbocycles. The average Bonchev–Trinajstić information content (AvgIpc) is 2.91. The van der Waals surface area contributed by atoms with Gasteiger partial charge in [-0.3, -0.25) is 4.79 Å². The molecule has 0 amide bonds. The van der Waals surface area contributed by atoms with Gasteiger partial charge < -0.3 is 9.47 Å². The number of nitrogens with one attached hydrogen (secondary N) is 1. The first-order valence-corrected chi connectivity index (χ1v) is 13.3. The van der Waals surface area contributed by atoms with Gasteiger partial charge in [0.05, 0.1) is 24.7 Å². The Morgan fingerprint density at radius 2 is 1.57 bits per heavy atom. The maximum absolute atomic E-state index is 13.9. The number of aryl methyl sites for hydroxylation is 1. The lowest BCUT2D eigenvalue weighted by molar-refractivity contribution is -0.138. The molecule has 0 saturated heterocycles. The van der Waals surface area contributed by atoms with Crippen LogP contribution in [-0.2, 0) is 19.6 Å². The number of Topliss-reactive ketones (excluding diaryl/α,β-unsaturated/α-hetero) is 1. The topological polar surface area (TPSA) is 98.8 Å². The van der Waals surface area contributed by atoms with E-state index in [0.29, 0.717) is 16.9 Å². The summed E-state index contributed by atoms with van der Waals surface area (Å²) < 4.78 is 39.9. The Kier molecular flexibility index (Phi) is 9.38. The van der Waals surface area contributed by atoms with Crippen LogP contribution >= 0.6 is 0 Å². The molecule has 0 aromatic heterocycles. The minimum atomic E-state index is -4.03. The summed E-state index contributed by atoms with van der Waals surface area (Å²) in [5.74, 6) is -1.41. The summed E-state index contributed by atoms with van der Waals surface area (Å²) in [6.45, 7) is 7.52. The fourth-order valence-electron chi connectivity index (χ4n) is 3.91. The van der Waals surface area contributed by atoms with Gasteiger partial charge in [-0.25, -0.2) is 17.9 Å². The van der Waals surface area contributed by atoms with Crippen molar-refractivity contribution in [1.29, 1.82) is 0 Å². The number of carbonyl (C=O) groups excluding carboxylic acids is 2. The number of hydrogen-bond donors (Lipinski definition) is 1. The molecule has 7 nitrogen and oxygen atoms in total. The highest BCUT2D eigenvalue weighted by molar-refractivity contribution is 7.89. The Morgan fingerprint density at radius 3 is 2.14 bits per heavy atom. The van der Waals surface area contributed by atoms with E-state index in [9.17, 15) is 18.0 Å². The van der Waals surface area contributed by atoms with Crippen molar-refractivity contribution in [2.24, 2.45) is 5.92 Å². The van der Waals surface area contributed by atoms with Crippen LogP contribution in [0.5, 0.6) is 5.75 Å². The molecule has 3 aromatic rings. The molecule has 0 aliphatic rings. The second-order valence-corrected chi connectivity index (χ2v) is 10.3. The van der Waals surface area contributed by atoms with Gasteiger partial charge in [0.1, 0.15) is 5.75 Å². The Bertz CT molecular complexity index is 1330. The van der Waals surface area contributed by atoms with Crippen LogP contribution in [0.2, 0.25) is 0 Å². The average molecular weight is 522 g/mol. The first kappa shape index (κ1) is 27.8. The van der Waals surface area contributed by atoms with Gasteiger partial charge in [-0.2, -0.15) is 0 Å². The van der Waals surface area contributed by atoms with Gasteiger partial charge in [-0.15, -0.1) is 0 Å². The van der Waals surface area contributed by atoms with Crippen LogP contribution in [0.1, 0.15) is 40.9 Å². The second-order valence-electron chi connectivity index (χ2n) is 8.55. The fraction of sp³-hybridized carbons (Fsp3) is 0.241. The Labute approximate surface area is 218 Å². The molecule has 1 N–H and O–H groups in total. The molecule has 2 unspecified atom stereocenters. The van der Waals surface area contributed by atoms with Gasteiger partial charge in [-0.05, 0) is 62.2 Å². The largest absolute Gasteiger partial charge is 0.497 e. The van der Waals surface area contributed by atoms with Crippen LogP contribution < -0.4 is 9.46 Å². The number of ketones is 1. The van der Waals surface area contributed by atoms with Crippen molar-refractivity contribution in [1.82, 2.24) is 4.72 Å². The molecule has 3 aromatic carbocycles. The highest BCUT2D eigenvalue weighted by atomic mass is 32.2. The van der Waals surface area contributed by atoms with Gasteiger partial charge in [-0.1, -0.05) is 54.6 Å². The lowest BCUT2D eigenvalue weighted by Crippen LogP contribution is -2.37. The zero-order chi connectivity index (χ0) is 27.0. The molecule has 2 atom stereocenters. The first-order chi connectivity index (χ1) is 17.7. The molecule has 194 valence electrons. The van der Waals surface area contributed by atoms with Crippen molar-refractivity contribution < 1.29 is 27.5 Å². The Hall–Kier alpha value is -3.75. The lowest BCUT2D eigenvalue weighted by atomic mass is 9.83. The summed E-state index contributed by atoms with van der Waals surface area (Å²) in [6, 6.07) is 20.8. The Morgan fingerprint density at radius 1 is 0.946 bits per heavy atom. The summed E-state index contributed by atoms with van der Waals surface area (Å²) in [6.07, 6.45) is -0.111. The van der Waals surface area contributed by atoms with Crippen LogP contribution in [0.15, 0.2) is 95.9 Å². The molecule has 0 aliphatic heterocycles.